The Bertz CT molecular complexity index is 863. The Kier molecular flexibility index (Phi) is 6.54. The molecule has 1 aromatic heterocycles. The smallest absolute Gasteiger partial charge is 0.229 e. The van der Waals surface area contributed by atoms with E-state index in [1.165, 1.54) is 0 Å². The van der Waals surface area contributed by atoms with Crippen LogP contribution in [0, 0.1) is 19.3 Å². The molecule has 0 aliphatic rings. The van der Waals surface area contributed by atoms with Crippen molar-refractivity contribution in [2.24, 2.45) is 5.41 Å². The molecule has 27 heavy (non-hydrogen) atoms. The molecule has 0 radical (unpaired) electrons. The van der Waals surface area contributed by atoms with Crippen LogP contribution >= 0.6 is 11.3 Å². The van der Waals surface area contributed by atoms with Crippen LogP contribution in [0.15, 0.2) is 30.3 Å². The van der Waals surface area contributed by atoms with Gasteiger partial charge in [-0.1, -0.05) is 26.8 Å². The highest BCUT2D eigenvalue weighted by Gasteiger charge is 2.21. The van der Waals surface area contributed by atoms with E-state index in [-0.39, 0.29) is 30.4 Å². The number of hydrogen-bond donors (Lipinski definition) is 2. The van der Waals surface area contributed by atoms with Gasteiger partial charge in [0.25, 0.3) is 0 Å². The fourth-order valence-corrected chi connectivity index (χ4v) is 3.43. The Morgan fingerprint density at radius 1 is 0.963 bits per heavy atom. The minimum Gasteiger partial charge on any atom is -0.326 e. The van der Waals surface area contributed by atoms with Crippen molar-refractivity contribution in [1.29, 1.82) is 0 Å². The van der Waals surface area contributed by atoms with E-state index in [9.17, 15) is 14.4 Å². The highest BCUT2D eigenvalue weighted by Crippen LogP contribution is 2.23. The van der Waals surface area contributed by atoms with Gasteiger partial charge in [-0.3, -0.25) is 14.4 Å². The number of nitrogens with one attached hydrogen (secondary N) is 2. The number of aryl methyl sites for hydroxylation is 2. The number of carbonyl (C=O) groups is 3. The average Bonchev–Trinajstić information content (AvgIpc) is 2.90. The van der Waals surface area contributed by atoms with Crippen molar-refractivity contribution in [3.05, 3.63) is 45.6 Å². The first-order valence-corrected chi connectivity index (χ1v) is 9.69. The molecular weight excluding hydrogens is 360 g/mol. The zero-order valence-electron chi connectivity index (χ0n) is 16.4. The Balaban J connectivity index is 1.92. The minimum absolute atomic E-state index is 0.0156. The van der Waals surface area contributed by atoms with E-state index in [1.807, 2.05) is 40.7 Å². The summed E-state index contributed by atoms with van der Waals surface area (Å²) in [6, 6.07) is 8.86. The quantitative estimate of drug-likeness (QED) is 0.690. The SMILES string of the molecule is Cc1cc(C(=O)CCC(=O)Nc2cccc(NC(=O)C(C)(C)C)c2)c(C)s1. The van der Waals surface area contributed by atoms with E-state index < -0.39 is 5.41 Å². The van der Waals surface area contributed by atoms with E-state index >= 15 is 0 Å². The van der Waals surface area contributed by atoms with Crippen LogP contribution in [0.25, 0.3) is 0 Å². The molecule has 1 aromatic carbocycles. The monoisotopic (exact) mass is 386 g/mol. The highest BCUT2D eigenvalue weighted by molar-refractivity contribution is 7.12. The summed E-state index contributed by atoms with van der Waals surface area (Å²) >= 11 is 1.59. The lowest BCUT2D eigenvalue weighted by molar-refractivity contribution is -0.123. The first kappa shape index (κ1) is 20.8. The van der Waals surface area contributed by atoms with Crippen LogP contribution in [-0.4, -0.2) is 17.6 Å². The molecule has 144 valence electrons. The maximum atomic E-state index is 12.3. The van der Waals surface area contributed by atoms with Crippen molar-refractivity contribution >= 4 is 40.3 Å². The maximum absolute atomic E-state index is 12.3. The predicted molar refractivity (Wildman–Crippen MR) is 111 cm³/mol. The Labute approximate surface area is 164 Å². The van der Waals surface area contributed by atoms with Crippen molar-refractivity contribution in [2.75, 3.05) is 10.6 Å². The summed E-state index contributed by atoms with van der Waals surface area (Å²) in [4.78, 5) is 38.6. The van der Waals surface area contributed by atoms with Gasteiger partial charge in [-0.2, -0.15) is 0 Å². The number of benzene rings is 1. The Morgan fingerprint density at radius 2 is 1.59 bits per heavy atom. The summed E-state index contributed by atoms with van der Waals surface area (Å²) in [6.07, 6.45) is 0.287. The van der Waals surface area contributed by atoms with Crippen molar-refractivity contribution in [2.45, 2.75) is 47.5 Å². The third kappa shape index (κ3) is 6.03. The highest BCUT2D eigenvalue weighted by atomic mass is 32.1. The molecule has 2 rings (SSSR count). The van der Waals surface area contributed by atoms with Crippen LogP contribution in [-0.2, 0) is 9.59 Å². The predicted octanol–water partition coefficient (Wildman–Crippen LogP) is 4.95. The number of rotatable bonds is 6. The molecule has 6 heteroatoms. The second-order valence-electron chi connectivity index (χ2n) is 7.58. The summed E-state index contributed by atoms with van der Waals surface area (Å²) in [6.45, 7) is 9.39. The molecule has 0 fully saturated rings. The number of thiophene rings is 1. The molecular formula is C21H26N2O3S. The summed E-state index contributed by atoms with van der Waals surface area (Å²) in [5.41, 5.74) is 1.41. The number of hydrogen-bond acceptors (Lipinski definition) is 4. The van der Waals surface area contributed by atoms with Gasteiger partial charge in [-0.05, 0) is 38.1 Å². The molecule has 2 aromatic rings. The van der Waals surface area contributed by atoms with Gasteiger partial charge in [0.15, 0.2) is 5.78 Å². The average molecular weight is 387 g/mol. The summed E-state index contributed by atoms with van der Waals surface area (Å²) < 4.78 is 0. The van der Waals surface area contributed by atoms with Crippen LogP contribution in [0.4, 0.5) is 11.4 Å². The minimum atomic E-state index is -0.502. The largest absolute Gasteiger partial charge is 0.326 e. The van der Waals surface area contributed by atoms with Crippen LogP contribution < -0.4 is 10.6 Å². The molecule has 2 amide bonds. The number of amides is 2. The van der Waals surface area contributed by atoms with Gasteiger partial charge in [0.2, 0.25) is 11.8 Å². The lowest BCUT2D eigenvalue weighted by Crippen LogP contribution is -2.27. The molecule has 0 unspecified atom stereocenters. The number of carbonyl (C=O) groups excluding carboxylic acids is 3. The Hall–Kier alpha value is -2.47. The van der Waals surface area contributed by atoms with E-state index in [4.69, 9.17) is 0 Å². The molecule has 0 saturated heterocycles. The fraction of sp³-hybridized carbons (Fsp3) is 0.381. The maximum Gasteiger partial charge on any atom is 0.229 e. The zero-order valence-corrected chi connectivity index (χ0v) is 17.3. The summed E-state index contributed by atoms with van der Waals surface area (Å²) in [7, 11) is 0. The zero-order chi connectivity index (χ0) is 20.2. The van der Waals surface area contributed by atoms with Crippen molar-refractivity contribution in [3.63, 3.8) is 0 Å². The summed E-state index contributed by atoms with van der Waals surface area (Å²) in [5.74, 6) is -0.344. The molecule has 0 aliphatic heterocycles. The first-order chi connectivity index (χ1) is 12.6. The van der Waals surface area contributed by atoms with Crippen LogP contribution in [0.3, 0.4) is 0 Å². The van der Waals surface area contributed by atoms with Crippen LogP contribution in [0.5, 0.6) is 0 Å². The number of ketones is 1. The molecule has 0 atom stereocenters. The van der Waals surface area contributed by atoms with Crippen molar-refractivity contribution in [1.82, 2.24) is 0 Å². The normalized spacial score (nSPS) is 11.1. The topological polar surface area (TPSA) is 75.3 Å². The van der Waals surface area contributed by atoms with E-state index in [0.29, 0.717) is 16.9 Å². The van der Waals surface area contributed by atoms with Crippen LogP contribution in [0.2, 0.25) is 0 Å². The van der Waals surface area contributed by atoms with Gasteiger partial charge in [-0.15, -0.1) is 11.3 Å². The van der Waals surface area contributed by atoms with Gasteiger partial charge in [0, 0.05) is 44.9 Å². The van der Waals surface area contributed by atoms with Gasteiger partial charge in [0.1, 0.15) is 0 Å². The van der Waals surface area contributed by atoms with Crippen molar-refractivity contribution in [3.8, 4) is 0 Å². The van der Waals surface area contributed by atoms with Gasteiger partial charge >= 0.3 is 0 Å². The van der Waals surface area contributed by atoms with Crippen LogP contribution in [0.1, 0.15) is 53.7 Å². The van der Waals surface area contributed by atoms with Gasteiger partial charge < -0.3 is 10.6 Å². The van der Waals surface area contributed by atoms with E-state index in [1.54, 1.807) is 35.6 Å². The Morgan fingerprint density at radius 3 is 2.15 bits per heavy atom. The van der Waals surface area contributed by atoms with Gasteiger partial charge in [0.05, 0.1) is 0 Å². The lowest BCUT2D eigenvalue weighted by atomic mass is 9.95. The molecule has 0 saturated carbocycles. The number of anilines is 2. The lowest BCUT2D eigenvalue weighted by Gasteiger charge is -2.18. The van der Waals surface area contributed by atoms with E-state index in [2.05, 4.69) is 10.6 Å². The first-order valence-electron chi connectivity index (χ1n) is 8.88. The van der Waals surface area contributed by atoms with Gasteiger partial charge in [-0.25, -0.2) is 0 Å². The molecule has 5 nitrogen and oxygen atoms in total. The molecule has 0 bridgehead atoms. The third-order valence-electron chi connectivity index (χ3n) is 4.01. The fourth-order valence-electron chi connectivity index (χ4n) is 2.49. The number of Topliss-reactive ketones (excluding diaryl/α,β-unsaturated/α-hetero) is 1. The summed E-state index contributed by atoms with van der Waals surface area (Å²) in [5, 5.41) is 5.61. The molecule has 1 heterocycles. The molecule has 2 N–H and O–H groups in total. The standard InChI is InChI=1S/C21H26N2O3S/c1-13-11-17(14(2)27-13)18(24)9-10-19(25)22-15-7-6-8-16(12-15)23-20(26)21(3,4)5/h6-8,11-12H,9-10H2,1-5H3,(H,22,25)(H,23,26). The molecule has 0 spiro atoms. The van der Waals surface area contributed by atoms with Crippen molar-refractivity contribution < 1.29 is 14.4 Å². The second-order valence-corrected chi connectivity index (χ2v) is 9.04. The van der Waals surface area contributed by atoms with E-state index in [0.717, 1.165) is 9.75 Å². The third-order valence-corrected chi connectivity index (χ3v) is 4.97. The second kappa shape index (κ2) is 8.48. The molecule has 0 aliphatic carbocycles.